The van der Waals surface area contributed by atoms with Crippen molar-refractivity contribution >= 4 is 11.9 Å². The average Bonchev–Trinajstić information content (AvgIpc) is 2.61. The zero-order valence-corrected chi connectivity index (χ0v) is 14.9. The topological polar surface area (TPSA) is 103 Å². The highest BCUT2D eigenvalue weighted by Crippen LogP contribution is 2.06. The maximum absolute atomic E-state index is 11.4. The lowest BCUT2D eigenvalue weighted by molar-refractivity contribution is -0.146. The van der Waals surface area contributed by atoms with E-state index in [2.05, 4.69) is 5.32 Å². The van der Waals surface area contributed by atoms with Gasteiger partial charge in [-0.3, -0.25) is 9.59 Å². The molecule has 8 heteroatoms. The molecular weight excluding hydrogens is 330 g/mol. The SMILES string of the molecule is O=C(O)CCCCC(=O)OCCOCCOCCOC1CCNCC1. The van der Waals surface area contributed by atoms with Gasteiger partial charge in [-0.1, -0.05) is 0 Å². The van der Waals surface area contributed by atoms with E-state index in [0.29, 0.717) is 52.0 Å². The van der Waals surface area contributed by atoms with Crippen LogP contribution in [0.1, 0.15) is 38.5 Å². The van der Waals surface area contributed by atoms with Crippen LogP contribution >= 0.6 is 0 Å². The fourth-order valence-corrected chi connectivity index (χ4v) is 2.39. The molecule has 0 aliphatic carbocycles. The molecule has 8 nitrogen and oxygen atoms in total. The van der Waals surface area contributed by atoms with Gasteiger partial charge in [-0.25, -0.2) is 0 Å². The highest BCUT2D eigenvalue weighted by atomic mass is 16.6. The third-order valence-electron chi connectivity index (χ3n) is 3.75. The maximum atomic E-state index is 11.4. The number of hydrogen-bond acceptors (Lipinski definition) is 7. The van der Waals surface area contributed by atoms with Crippen LogP contribution in [-0.2, 0) is 28.5 Å². The number of hydrogen-bond donors (Lipinski definition) is 2. The largest absolute Gasteiger partial charge is 0.481 e. The predicted octanol–water partition coefficient (Wildman–Crippen LogP) is 0.976. The second kappa shape index (κ2) is 15.1. The zero-order valence-electron chi connectivity index (χ0n) is 14.9. The van der Waals surface area contributed by atoms with Crippen molar-refractivity contribution in [1.82, 2.24) is 5.32 Å². The lowest BCUT2D eigenvalue weighted by Gasteiger charge is -2.22. The lowest BCUT2D eigenvalue weighted by atomic mass is 10.1. The summed E-state index contributed by atoms with van der Waals surface area (Å²) in [6, 6.07) is 0. The van der Waals surface area contributed by atoms with E-state index in [1.54, 1.807) is 0 Å². The van der Waals surface area contributed by atoms with Gasteiger partial charge < -0.3 is 29.4 Å². The Morgan fingerprint density at radius 1 is 0.880 bits per heavy atom. The van der Waals surface area contributed by atoms with Crippen molar-refractivity contribution < 1.29 is 33.6 Å². The van der Waals surface area contributed by atoms with Gasteiger partial charge in [-0.15, -0.1) is 0 Å². The molecule has 0 radical (unpaired) electrons. The Hall–Kier alpha value is -1.22. The Kier molecular flexibility index (Phi) is 13.2. The molecule has 0 atom stereocenters. The van der Waals surface area contributed by atoms with Gasteiger partial charge in [0.2, 0.25) is 0 Å². The first-order chi connectivity index (χ1) is 12.2. The molecular formula is C17H31NO7. The number of aliphatic carboxylic acids is 1. The Labute approximate surface area is 149 Å². The van der Waals surface area contributed by atoms with Crippen molar-refractivity contribution in [2.45, 2.75) is 44.6 Å². The van der Waals surface area contributed by atoms with Crippen LogP contribution in [-0.4, -0.2) is 75.9 Å². The van der Waals surface area contributed by atoms with E-state index < -0.39 is 5.97 Å². The summed E-state index contributed by atoms with van der Waals surface area (Å²) in [7, 11) is 0. The Bertz CT molecular complexity index is 359. The van der Waals surface area contributed by atoms with Crippen LogP contribution in [0.4, 0.5) is 0 Å². The molecule has 0 aromatic heterocycles. The number of nitrogens with one attached hydrogen (secondary N) is 1. The third kappa shape index (κ3) is 13.7. The highest BCUT2D eigenvalue weighted by Gasteiger charge is 2.12. The molecule has 146 valence electrons. The molecule has 0 bridgehead atoms. The van der Waals surface area contributed by atoms with Gasteiger partial charge in [0.15, 0.2) is 0 Å². The normalized spacial score (nSPS) is 15.2. The molecule has 1 heterocycles. The van der Waals surface area contributed by atoms with Gasteiger partial charge in [-0.05, 0) is 38.8 Å². The summed E-state index contributed by atoms with van der Waals surface area (Å²) in [6.45, 7) is 4.66. The van der Waals surface area contributed by atoms with E-state index in [9.17, 15) is 9.59 Å². The van der Waals surface area contributed by atoms with E-state index in [1.807, 2.05) is 0 Å². The molecule has 1 saturated heterocycles. The minimum Gasteiger partial charge on any atom is -0.481 e. The molecule has 0 spiro atoms. The highest BCUT2D eigenvalue weighted by molar-refractivity contribution is 5.69. The van der Waals surface area contributed by atoms with Crippen molar-refractivity contribution in [3.8, 4) is 0 Å². The van der Waals surface area contributed by atoms with E-state index in [4.69, 9.17) is 24.1 Å². The molecule has 1 aliphatic rings. The maximum Gasteiger partial charge on any atom is 0.305 e. The van der Waals surface area contributed by atoms with Gasteiger partial charge in [0, 0.05) is 12.8 Å². The summed E-state index contributed by atoms with van der Waals surface area (Å²) in [6.07, 6.45) is 3.80. The second-order valence-electron chi connectivity index (χ2n) is 5.87. The standard InChI is InChI=1S/C17H31NO7/c19-16(20)3-1-2-4-17(21)25-14-12-23-10-9-22-11-13-24-15-5-7-18-8-6-15/h15,18H,1-14H2,(H,19,20). The van der Waals surface area contributed by atoms with Crippen molar-refractivity contribution in [3.05, 3.63) is 0 Å². The lowest BCUT2D eigenvalue weighted by Crippen LogP contribution is -2.33. The molecule has 2 N–H and O–H groups in total. The number of unbranched alkanes of at least 4 members (excludes halogenated alkanes) is 1. The first kappa shape index (κ1) is 21.8. The molecule has 0 amide bonds. The number of rotatable bonds is 15. The summed E-state index contributed by atoms with van der Waals surface area (Å²) >= 11 is 0. The van der Waals surface area contributed by atoms with Crippen LogP contribution in [0.5, 0.6) is 0 Å². The molecule has 0 aromatic rings. The van der Waals surface area contributed by atoms with Gasteiger partial charge in [-0.2, -0.15) is 0 Å². The average molecular weight is 361 g/mol. The van der Waals surface area contributed by atoms with Gasteiger partial charge >= 0.3 is 11.9 Å². The molecule has 1 aliphatic heterocycles. The van der Waals surface area contributed by atoms with Gasteiger partial charge in [0.25, 0.3) is 0 Å². The fraction of sp³-hybridized carbons (Fsp3) is 0.882. The Morgan fingerprint density at radius 2 is 1.48 bits per heavy atom. The van der Waals surface area contributed by atoms with E-state index >= 15 is 0 Å². The number of esters is 1. The Morgan fingerprint density at radius 3 is 2.16 bits per heavy atom. The number of carboxylic acids is 1. The van der Waals surface area contributed by atoms with Crippen molar-refractivity contribution in [2.24, 2.45) is 0 Å². The summed E-state index contributed by atoms with van der Waals surface area (Å²) in [5, 5.41) is 11.8. The molecule has 0 aromatic carbocycles. The quantitative estimate of drug-likeness (QED) is 0.329. The van der Waals surface area contributed by atoms with Crippen LogP contribution < -0.4 is 5.32 Å². The number of ether oxygens (including phenoxy) is 4. The summed E-state index contributed by atoms with van der Waals surface area (Å²) in [5.74, 6) is -1.16. The minimum atomic E-state index is -0.846. The zero-order chi connectivity index (χ0) is 18.2. The summed E-state index contributed by atoms with van der Waals surface area (Å²) < 4.78 is 21.4. The van der Waals surface area contributed by atoms with Crippen LogP contribution in [0.2, 0.25) is 0 Å². The summed E-state index contributed by atoms with van der Waals surface area (Å²) in [5.41, 5.74) is 0. The molecule has 0 unspecified atom stereocenters. The smallest absolute Gasteiger partial charge is 0.305 e. The molecule has 1 rings (SSSR count). The predicted molar refractivity (Wildman–Crippen MR) is 90.5 cm³/mol. The number of piperidine rings is 1. The van der Waals surface area contributed by atoms with Crippen molar-refractivity contribution in [3.63, 3.8) is 0 Å². The fourth-order valence-electron chi connectivity index (χ4n) is 2.39. The molecule has 1 fully saturated rings. The van der Waals surface area contributed by atoms with Crippen LogP contribution in [0.3, 0.4) is 0 Å². The van der Waals surface area contributed by atoms with E-state index in [1.165, 1.54) is 0 Å². The monoisotopic (exact) mass is 361 g/mol. The number of carbonyl (C=O) groups excluding carboxylic acids is 1. The summed E-state index contributed by atoms with van der Waals surface area (Å²) in [4.78, 5) is 21.7. The Balaban J connectivity index is 1.76. The van der Waals surface area contributed by atoms with Gasteiger partial charge in [0.1, 0.15) is 6.61 Å². The number of carbonyl (C=O) groups is 2. The first-order valence-corrected chi connectivity index (χ1v) is 9.03. The molecule has 0 saturated carbocycles. The van der Waals surface area contributed by atoms with Gasteiger partial charge in [0.05, 0.1) is 39.1 Å². The van der Waals surface area contributed by atoms with E-state index in [-0.39, 0.29) is 25.4 Å². The van der Waals surface area contributed by atoms with Crippen LogP contribution in [0, 0.1) is 0 Å². The minimum absolute atomic E-state index is 0.0826. The third-order valence-corrected chi connectivity index (χ3v) is 3.75. The number of carboxylic acid groups (broad SMARTS) is 1. The van der Waals surface area contributed by atoms with Crippen molar-refractivity contribution in [1.29, 1.82) is 0 Å². The van der Waals surface area contributed by atoms with Crippen LogP contribution in [0.25, 0.3) is 0 Å². The van der Waals surface area contributed by atoms with Crippen LogP contribution in [0.15, 0.2) is 0 Å². The second-order valence-corrected chi connectivity index (χ2v) is 5.87. The van der Waals surface area contributed by atoms with E-state index in [0.717, 1.165) is 25.9 Å². The molecule has 25 heavy (non-hydrogen) atoms. The van der Waals surface area contributed by atoms with Crippen molar-refractivity contribution in [2.75, 3.05) is 52.7 Å². The first-order valence-electron chi connectivity index (χ1n) is 9.03.